The fourth-order valence-electron chi connectivity index (χ4n) is 1.69. The number of carbonyl (C=O) groups excluding carboxylic acids is 1. The second-order valence-corrected chi connectivity index (χ2v) is 7.27. The molecule has 0 aliphatic rings. The van der Waals surface area contributed by atoms with E-state index in [4.69, 9.17) is 5.73 Å². The number of rotatable bonds is 6. The fourth-order valence-corrected chi connectivity index (χ4v) is 3.37. The maximum atomic E-state index is 13.4. The molecule has 3 N–H and O–H groups in total. The van der Waals surface area contributed by atoms with Crippen molar-refractivity contribution >= 4 is 27.1 Å². The van der Waals surface area contributed by atoms with Gasteiger partial charge in [0.1, 0.15) is 5.82 Å². The zero-order valence-corrected chi connectivity index (χ0v) is 12.3. The molecule has 5 nitrogen and oxygen atoms in total. The molecule has 0 unspecified atom stereocenters. The average molecular weight is 302 g/mol. The summed E-state index contributed by atoms with van der Waals surface area (Å²) in [6.45, 7) is 3.58. The normalized spacial score (nSPS) is 11.6. The average Bonchev–Trinajstić information content (AvgIpc) is 2.30. The highest BCUT2D eigenvalue weighted by atomic mass is 32.2. The highest BCUT2D eigenvalue weighted by Crippen LogP contribution is 2.17. The van der Waals surface area contributed by atoms with Crippen molar-refractivity contribution in [2.45, 2.75) is 20.3 Å². The minimum Gasteiger partial charge on any atom is -0.399 e. The smallest absolute Gasteiger partial charge is 0.225 e. The molecule has 0 bridgehead atoms. The number of nitrogens with two attached hydrogens (primary N) is 1. The summed E-state index contributed by atoms with van der Waals surface area (Å²) in [5.74, 6) is -1.37. The zero-order chi connectivity index (χ0) is 15.3. The summed E-state index contributed by atoms with van der Waals surface area (Å²) in [5.41, 5.74) is 5.76. The van der Waals surface area contributed by atoms with Crippen LogP contribution in [0.1, 0.15) is 20.3 Å². The van der Waals surface area contributed by atoms with E-state index in [9.17, 15) is 17.6 Å². The minimum atomic E-state index is -3.27. The molecule has 0 atom stereocenters. The van der Waals surface area contributed by atoms with Crippen molar-refractivity contribution in [1.82, 2.24) is 0 Å². The molecule has 7 heteroatoms. The number of benzene rings is 1. The van der Waals surface area contributed by atoms with Crippen LogP contribution in [0.5, 0.6) is 0 Å². The third-order valence-electron chi connectivity index (χ3n) is 2.49. The number of anilines is 2. The third-order valence-corrected chi connectivity index (χ3v) is 4.49. The number of carbonyl (C=O) groups is 1. The van der Waals surface area contributed by atoms with Crippen molar-refractivity contribution < 1.29 is 17.6 Å². The first-order valence-corrected chi connectivity index (χ1v) is 8.07. The van der Waals surface area contributed by atoms with Gasteiger partial charge in [-0.3, -0.25) is 4.79 Å². The molecule has 1 rings (SSSR count). The van der Waals surface area contributed by atoms with Gasteiger partial charge in [-0.1, -0.05) is 13.8 Å². The molecule has 112 valence electrons. The van der Waals surface area contributed by atoms with Crippen LogP contribution in [-0.2, 0) is 14.6 Å². The summed E-state index contributed by atoms with van der Waals surface area (Å²) in [5, 5.41) is 2.32. The van der Waals surface area contributed by atoms with Gasteiger partial charge in [0.2, 0.25) is 5.91 Å². The van der Waals surface area contributed by atoms with Crippen LogP contribution in [0.3, 0.4) is 0 Å². The molecule has 0 spiro atoms. The topological polar surface area (TPSA) is 89.3 Å². The number of amides is 1. The SMILES string of the molecule is CC(C)CS(=O)(=O)CCC(=O)Nc1cc(N)ccc1F. The van der Waals surface area contributed by atoms with E-state index < -0.39 is 21.6 Å². The highest BCUT2D eigenvalue weighted by Gasteiger charge is 2.16. The van der Waals surface area contributed by atoms with E-state index in [2.05, 4.69) is 5.32 Å². The summed E-state index contributed by atoms with van der Waals surface area (Å²) < 4.78 is 36.7. The van der Waals surface area contributed by atoms with Gasteiger partial charge in [-0.25, -0.2) is 12.8 Å². The van der Waals surface area contributed by atoms with Crippen molar-refractivity contribution in [3.63, 3.8) is 0 Å². The summed E-state index contributed by atoms with van der Waals surface area (Å²) in [4.78, 5) is 11.6. The summed E-state index contributed by atoms with van der Waals surface area (Å²) in [6.07, 6.45) is -0.205. The number of hydrogen-bond acceptors (Lipinski definition) is 4. The molecule has 0 aromatic heterocycles. The second kappa shape index (κ2) is 6.69. The van der Waals surface area contributed by atoms with Crippen molar-refractivity contribution in [2.24, 2.45) is 5.92 Å². The van der Waals surface area contributed by atoms with Gasteiger partial charge in [-0.2, -0.15) is 0 Å². The van der Waals surface area contributed by atoms with E-state index in [1.54, 1.807) is 13.8 Å². The molecule has 20 heavy (non-hydrogen) atoms. The van der Waals surface area contributed by atoms with E-state index in [-0.39, 0.29) is 29.5 Å². The van der Waals surface area contributed by atoms with E-state index in [1.807, 2.05) is 0 Å². The number of sulfone groups is 1. The Bertz CT molecular complexity index is 585. The van der Waals surface area contributed by atoms with Gasteiger partial charge in [0.05, 0.1) is 17.2 Å². The minimum absolute atomic E-state index is 0.00873. The Morgan fingerprint density at radius 1 is 1.40 bits per heavy atom. The number of hydrogen-bond donors (Lipinski definition) is 2. The molecule has 0 radical (unpaired) electrons. The lowest BCUT2D eigenvalue weighted by Gasteiger charge is -2.09. The van der Waals surface area contributed by atoms with Crippen LogP contribution in [0.2, 0.25) is 0 Å². The van der Waals surface area contributed by atoms with E-state index >= 15 is 0 Å². The van der Waals surface area contributed by atoms with Gasteiger partial charge in [-0.05, 0) is 24.1 Å². The molecule has 1 aromatic carbocycles. The molecule has 0 saturated heterocycles. The quantitative estimate of drug-likeness (QED) is 0.784. The maximum absolute atomic E-state index is 13.4. The molecule has 0 heterocycles. The highest BCUT2D eigenvalue weighted by molar-refractivity contribution is 7.91. The first-order chi connectivity index (χ1) is 9.19. The Balaban J connectivity index is 2.58. The Morgan fingerprint density at radius 3 is 2.65 bits per heavy atom. The molecule has 0 aliphatic carbocycles. The molecule has 0 saturated carbocycles. The lowest BCUT2D eigenvalue weighted by atomic mass is 10.2. The lowest BCUT2D eigenvalue weighted by molar-refractivity contribution is -0.115. The van der Waals surface area contributed by atoms with Crippen LogP contribution >= 0.6 is 0 Å². The van der Waals surface area contributed by atoms with Crippen molar-refractivity contribution in [1.29, 1.82) is 0 Å². The largest absolute Gasteiger partial charge is 0.399 e. The van der Waals surface area contributed by atoms with Gasteiger partial charge in [0, 0.05) is 12.1 Å². The maximum Gasteiger partial charge on any atom is 0.225 e. The van der Waals surface area contributed by atoms with Crippen LogP contribution in [0.4, 0.5) is 15.8 Å². The second-order valence-electron chi connectivity index (χ2n) is 5.05. The summed E-state index contributed by atoms with van der Waals surface area (Å²) >= 11 is 0. The monoisotopic (exact) mass is 302 g/mol. The summed E-state index contributed by atoms with van der Waals surface area (Å²) in [6, 6.07) is 3.80. The van der Waals surface area contributed by atoms with Crippen molar-refractivity contribution in [3.8, 4) is 0 Å². The van der Waals surface area contributed by atoms with E-state index in [0.717, 1.165) is 6.07 Å². The molecular formula is C13H19FN2O3S. The van der Waals surface area contributed by atoms with Gasteiger partial charge < -0.3 is 11.1 Å². The van der Waals surface area contributed by atoms with Crippen molar-refractivity contribution in [2.75, 3.05) is 22.6 Å². The Labute approximate surface area is 118 Å². The number of halogens is 1. The fraction of sp³-hybridized carbons (Fsp3) is 0.462. The molecule has 0 aliphatic heterocycles. The molecule has 0 fully saturated rings. The Morgan fingerprint density at radius 2 is 2.05 bits per heavy atom. The lowest BCUT2D eigenvalue weighted by Crippen LogP contribution is -2.21. The van der Waals surface area contributed by atoms with Gasteiger partial charge >= 0.3 is 0 Å². The number of nitrogens with one attached hydrogen (secondary N) is 1. The number of nitrogen functional groups attached to an aromatic ring is 1. The first kappa shape index (κ1) is 16.4. The molecule has 1 aromatic rings. The van der Waals surface area contributed by atoms with Crippen LogP contribution in [-0.4, -0.2) is 25.8 Å². The van der Waals surface area contributed by atoms with E-state index in [1.165, 1.54) is 12.1 Å². The predicted octanol–water partition coefficient (Wildman–Crippen LogP) is 1.81. The predicted molar refractivity (Wildman–Crippen MR) is 77.6 cm³/mol. The van der Waals surface area contributed by atoms with Gasteiger partial charge in [-0.15, -0.1) is 0 Å². The van der Waals surface area contributed by atoms with E-state index in [0.29, 0.717) is 5.69 Å². The van der Waals surface area contributed by atoms with Crippen LogP contribution in [0, 0.1) is 11.7 Å². The molecule has 1 amide bonds. The first-order valence-electron chi connectivity index (χ1n) is 6.25. The Hall–Kier alpha value is -1.63. The Kier molecular flexibility index (Phi) is 5.50. The zero-order valence-electron chi connectivity index (χ0n) is 11.5. The molecular weight excluding hydrogens is 283 g/mol. The van der Waals surface area contributed by atoms with Crippen LogP contribution < -0.4 is 11.1 Å². The van der Waals surface area contributed by atoms with Gasteiger partial charge in [0.15, 0.2) is 9.84 Å². The standard InChI is InChI=1S/C13H19FN2O3S/c1-9(2)8-20(18,19)6-5-13(17)16-12-7-10(15)3-4-11(12)14/h3-4,7,9H,5-6,8,15H2,1-2H3,(H,16,17). The van der Waals surface area contributed by atoms with Gasteiger partial charge in [0.25, 0.3) is 0 Å². The summed E-state index contributed by atoms with van der Waals surface area (Å²) in [7, 11) is -3.27. The third kappa shape index (κ3) is 5.56. The van der Waals surface area contributed by atoms with Crippen molar-refractivity contribution in [3.05, 3.63) is 24.0 Å². The van der Waals surface area contributed by atoms with Crippen LogP contribution in [0.15, 0.2) is 18.2 Å². The van der Waals surface area contributed by atoms with Crippen LogP contribution in [0.25, 0.3) is 0 Å².